The Morgan fingerprint density at radius 3 is 2.29 bits per heavy atom. The minimum absolute atomic E-state index is 0.146. The zero-order valence-corrected chi connectivity index (χ0v) is 15.6. The summed E-state index contributed by atoms with van der Waals surface area (Å²) in [5.74, 6) is 0.0832. The molecule has 3 rings (SSSR count). The van der Waals surface area contributed by atoms with Crippen LogP contribution >= 0.6 is 0 Å². The van der Waals surface area contributed by atoms with Gasteiger partial charge in [0.1, 0.15) is 11.4 Å². The summed E-state index contributed by atoms with van der Waals surface area (Å²) in [6, 6.07) is 22.0. The number of hydrogen-bond acceptors (Lipinski definition) is 4. The highest BCUT2D eigenvalue weighted by Crippen LogP contribution is 2.26. The molecule has 6 nitrogen and oxygen atoms in total. The highest BCUT2D eigenvalue weighted by Gasteiger charge is 2.20. The van der Waals surface area contributed by atoms with Gasteiger partial charge in [-0.15, -0.1) is 0 Å². The van der Waals surface area contributed by atoms with Crippen molar-refractivity contribution in [3.8, 4) is 16.9 Å². The lowest BCUT2D eigenvalue weighted by Gasteiger charge is -2.15. The van der Waals surface area contributed by atoms with Crippen molar-refractivity contribution >= 4 is 17.3 Å². The minimum atomic E-state index is -0.816. The summed E-state index contributed by atoms with van der Waals surface area (Å²) in [7, 11) is 0. The van der Waals surface area contributed by atoms with E-state index in [4.69, 9.17) is 4.74 Å². The number of anilines is 1. The fourth-order valence-electron chi connectivity index (χ4n) is 2.75. The monoisotopic (exact) mass is 376 g/mol. The molecule has 0 aromatic heterocycles. The number of benzene rings is 3. The van der Waals surface area contributed by atoms with Crippen molar-refractivity contribution in [1.82, 2.24) is 0 Å². The van der Waals surface area contributed by atoms with E-state index in [0.29, 0.717) is 5.75 Å². The third kappa shape index (κ3) is 4.54. The molecule has 0 heterocycles. The van der Waals surface area contributed by atoms with Crippen molar-refractivity contribution in [2.24, 2.45) is 0 Å². The van der Waals surface area contributed by atoms with Gasteiger partial charge in [0.25, 0.3) is 11.6 Å². The standard InChI is InChI=1S/C22H20N2O4/c1-15-8-13-20(21(14-15)24(26)27)23-22(25)16(2)28-19-11-9-18(10-12-19)17-6-4-3-5-7-17/h3-14,16H,1-2H3,(H,23,25)/t16-/m0/s1. The molecule has 0 fully saturated rings. The van der Waals surface area contributed by atoms with Gasteiger partial charge in [-0.1, -0.05) is 48.5 Å². The van der Waals surface area contributed by atoms with Crippen LogP contribution in [0.3, 0.4) is 0 Å². The Bertz CT molecular complexity index is 985. The van der Waals surface area contributed by atoms with Crippen LogP contribution in [0.1, 0.15) is 12.5 Å². The number of carbonyl (C=O) groups is 1. The van der Waals surface area contributed by atoms with Crippen LogP contribution in [0.15, 0.2) is 72.8 Å². The highest BCUT2D eigenvalue weighted by molar-refractivity contribution is 5.96. The number of carbonyl (C=O) groups excluding carboxylic acids is 1. The summed E-state index contributed by atoms with van der Waals surface area (Å²) in [6.45, 7) is 3.35. The molecule has 0 aliphatic carbocycles. The molecule has 6 heteroatoms. The topological polar surface area (TPSA) is 81.5 Å². The number of hydrogen-bond donors (Lipinski definition) is 1. The molecule has 0 saturated carbocycles. The predicted octanol–water partition coefficient (Wildman–Crippen LogP) is 4.98. The number of ether oxygens (including phenoxy) is 1. The predicted molar refractivity (Wildman–Crippen MR) is 108 cm³/mol. The Morgan fingerprint density at radius 2 is 1.64 bits per heavy atom. The summed E-state index contributed by atoms with van der Waals surface area (Å²) in [5, 5.41) is 13.8. The molecule has 0 aliphatic heterocycles. The molecule has 0 radical (unpaired) electrons. The fraction of sp³-hybridized carbons (Fsp3) is 0.136. The van der Waals surface area contributed by atoms with Gasteiger partial charge >= 0.3 is 0 Å². The largest absolute Gasteiger partial charge is 0.481 e. The van der Waals surface area contributed by atoms with Gasteiger partial charge in [-0.05, 0) is 48.7 Å². The quantitative estimate of drug-likeness (QED) is 0.486. The Labute approximate surface area is 162 Å². The number of nitro groups is 1. The molecule has 1 atom stereocenters. The number of nitrogens with one attached hydrogen (secondary N) is 1. The Morgan fingerprint density at radius 1 is 1.00 bits per heavy atom. The number of rotatable bonds is 6. The summed E-state index contributed by atoms with van der Waals surface area (Å²) in [6.07, 6.45) is -0.816. The van der Waals surface area contributed by atoms with Crippen molar-refractivity contribution in [2.75, 3.05) is 5.32 Å². The maximum absolute atomic E-state index is 12.4. The average molecular weight is 376 g/mol. The van der Waals surface area contributed by atoms with Gasteiger partial charge in [0, 0.05) is 6.07 Å². The zero-order valence-electron chi connectivity index (χ0n) is 15.6. The van der Waals surface area contributed by atoms with E-state index in [0.717, 1.165) is 16.7 Å². The van der Waals surface area contributed by atoms with Crippen molar-refractivity contribution in [3.63, 3.8) is 0 Å². The van der Waals surface area contributed by atoms with Crippen LogP contribution in [0.4, 0.5) is 11.4 Å². The molecule has 0 saturated heterocycles. The number of aryl methyl sites for hydroxylation is 1. The van der Waals surface area contributed by atoms with E-state index < -0.39 is 16.9 Å². The molecule has 28 heavy (non-hydrogen) atoms. The number of nitro benzene ring substituents is 1. The van der Waals surface area contributed by atoms with Crippen molar-refractivity contribution in [1.29, 1.82) is 0 Å². The van der Waals surface area contributed by atoms with Gasteiger partial charge < -0.3 is 10.1 Å². The maximum atomic E-state index is 12.4. The van der Waals surface area contributed by atoms with Crippen LogP contribution in [0.25, 0.3) is 11.1 Å². The average Bonchev–Trinajstić information content (AvgIpc) is 2.70. The first-order valence-corrected chi connectivity index (χ1v) is 8.82. The van der Waals surface area contributed by atoms with Gasteiger partial charge in [0.15, 0.2) is 6.10 Å². The first kappa shape index (κ1) is 19.1. The molecular formula is C22H20N2O4. The molecule has 3 aromatic carbocycles. The van der Waals surface area contributed by atoms with Gasteiger partial charge in [-0.3, -0.25) is 14.9 Å². The summed E-state index contributed by atoms with van der Waals surface area (Å²) in [4.78, 5) is 23.1. The molecule has 1 amide bonds. The highest BCUT2D eigenvalue weighted by atomic mass is 16.6. The van der Waals surface area contributed by atoms with Crippen LogP contribution in [-0.4, -0.2) is 16.9 Å². The Balaban J connectivity index is 1.67. The summed E-state index contributed by atoms with van der Waals surface area (Å²) in [5.41, 5.74) is 2.88. The van der Waals surface area contributed by atoms with Crippen LogP contribution in [-0.2, 0) is 4.79 Å². The molecule has 0 spiro atoms. The van der Waals surface area contributed by atoms with Gasteiger partial charge in [-0.25, -0.2) is 0 Å². The van der Waals surface area contributed by atoms with Gasteiger partial charge in [0.2, 0.25) is 0 Å². The Hall–Kier alpha value is -3.67. The van der Waals surface area contributed by atoms with E-state index in [1.807, 2.05) is 42.5 Å². The zero-order chi connectivity index (χ0) is 20.1. The Kier molecular flexibility index (Phi) is 5.69. The lowest BCUT2D eigenvalue weighted by atomic mass is 10.1. The van der Waals surface area contributed by atoms with Crippen molar-refractivity contribution < 1.29 is 14.5 Å². The van der Waals surface area contributed by atoms with E-state index in [2.05, 4.69) is 5.32 Å². The first-order valence-electron chi connectivity index (χ1n) is 8.82. The third-order valence-corrected chi connectivity index (χ3v) is 4.25. The minimum Gasteiger partial charge on any atom is -0.481 e. The molecule has 3 aromatic rings. The van der Waals surface area contributed by atoms with Crippen LogP contribution in [0.5, 0.6) is 5.75 Å². The lowest BCUT2D eigenvalue weighted by Crippen LogP contribution is -2.30. The van der Waals surface area contributed by atoms with E-state index in [-0.39, 0.29) is 11.4 Å². The lowest BCUT2D eigenvalue weighted by molar-refractivity contribution is -0.384. The van der Waals surface area contributed by atoms with Crippen LogP contribution in [0.2, 0.25) is 0 Å². The molecule has 0 aliphatic rings. The van der Waals surface area contributed by atoms with E-state index >= 15 is 0 Å². The third-order valence-electron chi connectivity index (χ3n) is 4.25. The molecular weight excluding hydrogens is 356 g/mol. The second kappa shape index (κ2) is 8.35. The number of nitrogens with zero attached hydrogens (tertiary/aromatic N) is 1. The van der Waals surface area contributed by atoms with Crippen molar-refractivity contribution in [2.45, 2.75) is 20.0 Å². The van der Waals surface area contributed by atoms with E-state index in [1.54, 1.807) is 32.0 Å². The van der Waals surface area contributed by atoms with Crippen LogP contribution in [0, 0.1) is 17.0 Å². The van der Waals surface area contributed by atoms with Gasteiger partial charge in [0.05, 0.1) is 4.92 Å². The number of amides is 1. The molecule has 0 unspecified atom stereocenters. The molecule has 1 N–H and O–H groups in total. The van der Waals surface area contributed by atoms with E-state index in [1.165, 1.54) is 12.1 Å². The smallest absolute Gasteiger partial charge is 0.293 e. The second-order valence-electron chi connectivity index (χ2n) is 6.42. The molecule has 142 valence electrons. The SMILES string of the molecule is Cc1ccc(NC(=O)[C@H](C)Oc2ccc(-c3ccccc3)cc2)c([N+](=O)[O-])c1. The van der Waals surface area contributed by atoms with Crippen LogP contribution < -0.4 is 10.1 Å². The van der Waals surface area contributed by atoms with Gasteiger partial charge in [-0.2, -0.15) is 0 Å². The molecule has 0 bridgehead atoms. The fourth-order valence-corrected chi connectivity index (χ4v) is 2.75. The summed E-state index contributed by atoms with van der Waals surface area (Å²) < 4.78 is 5.68. The normalized spacial score (nSPS) is 11.5. The maximum Gasteiger partial charge on any atom is 0.293 e. The summed E-state index contributed by atoms with van der Waals surface area (Å²) >= 11 is 0. The van der Waals surface area contributed by atoms with Crippen molar-refractivity contribution in [3.05, 3.63) is 88.5 Å². The second-order valence-corrected chi connectivity index (χ2v) is 6.42. The first-order chi connectivity index (χ1) is 13.4. The van der Waals surface area contributed by atoms with E-state index in [9.17, 15) is 14.9 Å².